The number of methoxy groups -OCH3 is 1. The normalized spacial score (nSPS) is 14.7. The van der Waals surface area contributed by atoms with E-state index in [1.165, 1.54) is 28.6 Å². The molecule has 0 saturated carbocycles. The van der Waals surface area contributed by atoms with Crippen molar-refractivity contribution >= 4 is 32.5 Å². The van der Waals surface area contributed by atoms with Gasteiger partial charge in [-0.2, -0.15) is 4.31 Å². The lowest BCUT2D eigenvalue weighted by Gasteiger charge is -2.15. The highest BCUT2D eigenvalue weighted by atomic mass is 32.2. The number of pyridine rings is 1. The molecule has 1 N–H and O–H groups in total. The zero-order valence-electron chi connectivity index (χ0n) is 16.9. The molecule has 2 aromatic carbocycles. The van der Waals surface area contributed by atoms with Crippen molar-refractivity contribution in [2.75, 3.05) is 25.5 Å². The standard InChI is InChI=1S/C22H23N3O4S/c1-15-14-19(18-6-5-7-20(29-2)21(18)23-15)24-22(26)16-8-10-17(11-9-16)30(27,28)25-12-3-4-13-25/h5-11,14H,3-4,12-13H2,1-2H3,(H,23,24,26). The number of anilines is 1. The molecule has 3 aromatic rings. The van der Waals surface area contributed by atoms with Gasteiger partial charge >= 0.3 is 0 Å². The Bertz CT molecular complexity index is 1200. The van der Waals surface area contributed by atoms with Crippen LogP contribution in [0.2, 0.25) is 0 Å². The fourth-order valence-electron chi connectivity index (χ4n) is 3.67. The van der Waals surface area contributed by atoms with E-state index in [2.05, 4.69) is 10.3 Å². The highest BCUT2D eigenvalue weighted by molar-refractivity contribution is 7.89. The average molecular weight is 426 g/mol. The Morgan fingerprint density at radius 2 is 1.80 bits per heavy atom. The summed E-state index contributed by atoms with van der Waals surface area (Å²) >= 11 is 0. The summed E-state index contributed by atoms with van der Waals surface area (Å²) in [5, 5.41) is 3.68. The molecular formula is C22H23N3O4S. The molecule has 1 aromatic heterocycles. The van der Waals surface area contributed by atoms with E-state index in [9.17, 15) is 13.2 Å². The first kappa shape index (κ1) is 20.3. The second kappa shape index (κ2) is 8.04. The van der Waals surface area contributed by atoms with Crippen LogP contribution in [0.3, 0.4) is 0 Å². The molecule has 156 valence electrons. The number of fused-ring (bicyclic) bond motifs is 1. The molecule has 1 aliphatic heterocycles. The number of amides is 1. The van der Waals surface area contributed by atoms with E-state index in [1.807, 2.05) is 25.1 Å². The number of ether oxygens (including phenoxy) is 1. The minimum absolute atomic E-state index is 0.205. The molecule has 0 atom stereocenters. The van der Waals surface area contributed by atoms with Gasteiger partial charge in [0.1, 0.15) is 11.3 Å². The minimum atomic E-state index is -3.50. The summed E-state index contributed by atoms with van der Waals surface area (Å²) in [7, 11) is -1.92. The lowest BCUT2D eigenvalue weighted by atomic mass is 10.1. The summed E-state index contributed by atoms with van der Waals surface area (Å²) in [6, 6.07) is 13.4. The molecule has 1 fully saturated rings. The molecule has 1 saturated heterocycles. The van der Waals surface area contributed by atoms with Gasteiger partial charge in [-0.05, 0) is 56.2 Å². The molecule has 1 aliphatic rings. The number of carbonyl (C=O) groups excluding carboxylic acids is 1. The average Bonchev–Trinajstić information content (AvgIpc) is 3.29. The van der Waals surface area contributed by atoms with Crippen LogP contribution < -0.4 is 10.1 Å². The summed E-state index contributed by atoms with van der Waals surface area (Å²) < 4.78 is 32.2. The lowest BCUT2D eigenvalue weighted by Crippen LogP contribution is -2.27. The number of benzene rings is 2. The number of aryl methyl sites for hydroxylation is 1. The first-order valence-corrected chi connectivity index (χ1v) is 11.2. The quantitative estimate of drug-likeness (QED) is 0.675. The second-order valence-electron chi connectivity index (χ2n) is 7.26. The SMILES string of the molecule is COc1cccc2c(NC(=O)c3ccc(S(=O)(=O)N4CCCC4)cc3)cc(C)nc12. The van der Waals surface area contributed by atoms with Crippen LogP contribution in [0.1, 0.15) is 28.9 Å². The Hall–Kier alpha value is -2.97. The summed E-state index contributed by atoms with van der Waals surface area (Å²) in [5.74, 6) is 0.304. The molecule has 0 aliphatic carbocycles. The zero-order chi connectivity index (χ0) is 21.3. The number of rotatable bonds is 5. The van der Waals surface area contributed by atoms with Crippen molar-refractivity contribution in [3.63, 3.8) is 0 Å². The highest BCUT2D eigenvalue weighted by Gasteiger charge is 2.27. The van der Waals surface area contributed by atoms with Gasteiger partial charge in [0.2, 0.25) is 10.0 Å². The Morgan fingerprint density at radius 3 is 2.47 bits per heavy atom. The number of carbonyl (C=O) groups is 1. The van der Waals surface area contributed by atoms with Crippen LogP contribution in [0.15, 0.2) is 53.4 Å². The van der Waals surface area contributed by atoms with Gasteiger partial charge in [0.15, 0.2) is 0 Å². The van der Waals surface area contributed by atoms with Crippen molar-refractivity contribution in [2.45, 2.75) is 24.7 Å². The third-order valence-corrected chi connectivity index (χ3v) is 7.13. The number of hydrogen-bond acceptors (Lipinski definition) is 5. The van der Waals surface area contributed by atoms with E-state index in [0.717, 1.165) is 23.9 Å². The number of aromatic nitrogens is 1. The molecule has 8 heteroatoms. The molecule has 2 heterocycles. The van der Waals surface area contributed by atoms with E-state index in [4.69, 9.17) is 4.74 Å². The zero-order valence-corrected chi connectivity index (χ0v) is 17.7. The molecule has 1 amide bonds. The van der Waals surface area contributed by atoms with Crippen LogP contribution in [0.4, 0.5) is 5.69 Å². The number of hydrogen-bond donors (Lipinski definition) is 1. The van der Waals surface area contributed by atoms with Crippen molar-refractivity contribution in [1.29, 1.82) is 0 Å². The minimum Gasteiger partial charge on any atom is -0.494 e. The number of nitrogens with zero attached hydrogens (tertiary/aromatic N) is 2. The van der Waals surface area contributed by atoms with Crippen molar-refractivity contribution < 1.29 is 17.9 Å². The first-order valence-electron chi connectivity index (χ1n) is 9.76. The van der Waals surface area contributed by atoms with E-state index < -0.39 is 10.0 Å². The molecule has 4 rings (SSSR count). The Morgan fingerprint density at radius 1 is 1.10 bits per heavy atom. The van der Waals surface area contributed by atoms with E-state index in [1.54, 1.807) is 13.2 Å². The Labute approximate surface area is 175 Å². The van der Waals surface area contributed by atoms with Gasteiger partial charge in [-0.15, -0.1) is 0 Å². The number of para-hydroxylation sites is 1. The second-order valence-corrected chi connectivity index (χ2v) is 9.20. The van der Waals surface area contributed by atoms with Crippen LogP contribution in [0, 0.1) is 6.92 Å². The lowest BCUT2D eigenvalue weighted by molar-refractivity contribution is 0.102. The third-order valence-electron chi connectivity index (χ3n) is 5.22. The predicted molar refractivity (Wildman–Crippen MR) is 115 cm³/mol. The Balaban J connectivity index is 1.60. The van der Waals surface area contributed by atoms with Gasteiger partial charge in [-0.25, -0.2) is 13.4 Å². The van der Waals surface area contributed by atoms with Crippen LogP contribution in [0.5, 0.6) is 5.75 Å². The Kier molecular flexibility index (Phi) is 5.44. The predicted octanol–water partition coefficient (Wildman–Crippen LogP) is 3.59. The van der Waals surface area contributed by atoms with Crippen LogP contribution in [-0.4, -0.2) is 43.8 Å². The largest absolute Gasteiger partial charge is 0.494 e. The van der Waals surface area contributed by atoms with Gasteiger partial charge in [0.25, 0.3) is 5.91 Å². The third kappa shape index (κ3) is 3.76. The van der Waals surface area contributed by atoms with Crippen molar-refractivity contribution in [1.82, 2.24) is 9.29 Å². The van der Waals surface area contributed by atoms with Crippen molar-refractivity contribution in [3.8, 4) is 5.75 Å². The monoisotopic (exact) mass is 425 g/mol. The summed E-state index contributed by atoms with van der Waals surface area (Å²) in [5.41, 5.74) is 2.41. The van der Waals surface area contributed by atoms with Gasteiger partial charge in [0, 0.05) is 29.7 Å². The molecular weight excluding hydrogens is 402 g/mol. The molecule has 0 unspecified atom stereocenters. The van der Waals surface area contributed by atoms with Crippen LogP contribution >= 0.6 is 0 Å². The van der Waals surface area contributed by atoms with Gasteiger partial charge < -0.3 is 10.1 Å². The fraction of sp³-hybridized carbons (Fsp3) is 0.273. The van der Waals surface area contributed by atoms with Gasteiger partial charge in [-0.3, -0.25) is 4.79 Å². The molecule has 0 bridgehead atoms. The maximum absolute atomic E-state index is 12.8. The molecule has 0 radical (unpaired) electrons. The molecule has 0 spiro atoms. The van der Waals surface area contributed by atoms with Gasteiger partial charge in [0.05, 0.1) is 17.7 Å². The van der Waals surface area contributed by atoms with Crippen molar-refractivity contribution in [3.05, 3.63) is 59.8 Å². The first-order chi connectivity index (χ1) is 14.4. The number of nitrogens with one attached hydrogen (secondary N) is 1. The summed E-state index contributed by atoms with van der Waals surface area (Å²) in [6.07, 6.45) is 1.76. The summed E-state index contributed by atoms with van der Waals surface area (Å²) in [6.45, 7) is 2.94. The summed E-state index contributed by atoms with van der Waals surface area (Å²) in [4.78, 5) is 17.5. The highest BCUT2D eigenvalue weighted by Crippen LogP contribution is 2.30. The van der Waals surface area contributed by atoms with Crippen LogP contribution in [0.25, 0.3) is 10.9 Å². The topological polar surface area (TPSA) is 88.6 Å². The molecule has 7 nitrogen and oxygen atoms in total. The van der Waals surface area contributed by atoms with Crippen LogP contribution in [-0.2, 0) is 10.0 Å². The van der Waals surface area contributed by atoms with E-state index in [-0.39, 0.29) is 10.8 Å². The smallest absolute Gasteiger partial charge is 0.255 e. The van der Waals surface area contributed by atoms with E-state index >= 15 is 0 Å². The maximum Gasteiger partial charge on any atom is 0.255 e. The fourth-order valence-corrected chi connectivity index (χ4v) is 5.19. The van der Waals surface area contributed by atoms with E-state index in [0.29, 0.717) is 35.6 Å². The van der Waals surface area contributed by atoms with Gasteiger partial charge in [-0.1, -0.05) is 12.1 Å². The molecule has 30 heavy (non-hydrogen) atoms. The van der Waals surface area contributed by atoms with Crippen molar-refractivity contribution in [2.24, 2.45) is 0 Å². The number of sulfonamides is 1. The maximum atomic E-state index is 12.8.